The maximum atomic E-state index is 12.6. The first-order valence-electron chi connectivity index (χ1n) is 9.42. The molecule has 1 aromatic heterocycles. The van der Waals surface area contributed by atoms with Crippen LogP contribution < -0.4 is 5.32 Å². The number of nitrogens with one attached hydrogen (secondary N) is 1. The summed E-state index contributed by atoms with van der Waals surface area (Å²) >= 11 is 0. The highest BCUT2D eigenvalue weighted by Gasteiger charge is 2.30. The summed E-state index contributed by atoms with van der Waals surface area (Å²) in [5.74, 6) is 0.0148. The van der Waals surface area contributed by atoms with Crippen molar-refractivity contribution in [1.82, 2.24) is 24.9 Å². The highest BCUT2D eigenvalue weighted by molar-refractivity contribution is 5.95. The van der Waals surface area contributed by atoms with E-state index in [0.717, 1.165) is 50.3 Å². The van der Waals surface area contributed by atoms with Crippen molar-refractivity contribution >= 4 is 5.91 Å². The summed E-state index contributed by atoms with van der Waals surface area (Å²) < 4.78 is 2.01. The third-order valence-corrected chi connectivity index (χ3v) is 5.68. The van der Waals surface area contributed by atoms with Crippen LogP contribution in [0.4, 0.5) is 0 Å². The summed E-state index contributed by atoms with van der Waals surface area (Å²) in [4.78, 5) is 17.7. The Morgan fingerprint density at radius 2 is 2.08 bits per heavy atom. The van der Waals surface area contributed by atoms with Gasteiger partial charge < -0.3 is 10.2 Å². The molecule has 6 heteroatoms. The van der Waals surface area contributed by atoms with E-state index in [0.29, 0.717) is 12.1 Å². The predicted octanol–water partition coefficient (Wildman–Crippen LogP) is 1.67. The second kappa shape index (κ2) is 7.66. The largest absolute Gasteiger partial charge is 0.350 e. The molecule has 3 aliphatic heterocycles. The fourth-order valence-corrected chi connectivity index (χ4v) is 4.10. The monoisotopic (exact) mass is 333 g/mol. The molecule has 134 valence electrons. The molecule has 24 heavy (non-hydrogen) atoms. The lowest BCUT2D eigenvalue weighted by Crippen LogP contribution is -2.54. The van der Waals surface area contributed by atoms with E-state index in [1.54, 1.807) is 6.20 Å². The van der Waals surface area contributed by atoms with Crippen LogP contribution >= 0.6 is 0 Å². The van der Waals surface area contributed by atoms with Crippen molar-refractivity contribution in [1.29, 1.82) is 0 Å². The first-order valence-corrected chi connectivity index (χ1v) is 9.42. The van der Waals surface area contributed by atoms with Gasteiger partial charge in [0.25, 0.3) is 5.91 Å². The average Bonchev–Trinajstić information content (AvgIpc) is 2.78. The second-order valence-electron chi connectivity index (χ2n) is 7.11. The van der Waals surface area contributed by atoms with Gasteiger partial charge in [0, 0.05) is 37.9 Å². The van der Waals surface area contributed by atoms with Crippen molar-refractivity contribution in [2.45, 2.75) is 52.1 Å². The molecule has 3 fully saturated rings. The summed E-state index contributed by atoms with van der Waals surface area (Å²) in [5.41, 5.74) is 1.70. The van der Waals surface area contributed by atoms with Crippen molar-refractivity contribution in [3.8, 4) is 0 Å². The quantitative estimate of drug-likeness (QED) is 0.860. The van der Waals surface area contributed by atoms with Crippen molar-refractivity contribution in [3.05, 3.63) is 17.5 Å². The fourth-order valence-electron chi connectivity index (χ4n) is 4.10. The molecule has 0 spiro atoms. The van der Waals surface area contributed by atoms with Crippen LogP contribution in [0.3, 0.4) is 0 Å². The normalized spacial score (nSPS) is 26.6. The molecule has 0 aromatic carbocycles. The van der Waals surface area contributed by atoms with Gasteiger partial charge >= 0.3 is 0 Å². The van der Waals surface area contributed by atoms with Gasteiger partial charge in [-0.15, -0.1) is 0 Å². The Kier molecular flexibility index (Phi) is 5.56. The predicted molar refractivity (Wildman–Crippen MR) is 95.3 cm³/mol. The summed E-state index contributed by atoms with van der Waals surface area (Å²) in [6.45, 7) is 12.8. The Labute approximate surface area is 145 Å². The molecule has 1 amide bonds. The van der Waals surface area contributed by atoms with E-state index in [4.69, 9.17) is 0 Å². The van der Waals surface area contributed by atoms with E-state index >= 15 is 0 Å². The van der Waals surface area contributed by atoms with E-state index in [2.05, 4.69) is 34.1 Å². The van der Waals surface area contributed by atoms with E-state index in [-0.39, 0.29) is 5.91 Å². The van der Waals surface area contributed by atoms with Gasteiger partial charge in [0.1, 0.15) is 0 Å². The highest BCUT2D eigenvalue weighted by Crippen LogP contribution is 2.19. The van der Waals surface area contributed by atoms with Crippen LogP contribution in [0.25, 0.3) is 0 Å². The number of hydrogen-bond donors (Lipinski definition) is 1. The van der Waals surface area contributed by atoms with Gasteiger partial charge in [-0.2, -0.15) is 5.10 Å². The number of carbonyl (C=O) groups is 1. The molecule has 3 saturated heterocycles. The molecule has 0 radical (unpaired) electrons. The molecule has 1 aromatic rings. The highest BCUT2D eigenvalue weighted by atomic mass is 16.1. The second-order valence-corrected chi connectivity index (χ2v) is 7.11. The molecule has 6 nitrogen and oxygen atoms in total. The Hall–Kier alpha value is -1.40. The zero-order valence-electron chi connectivity index (χ0n) is 15.3. The minimum atomic E-state index is 0.0148. The molecule has 3 unspecified atom stereocenters. The van der Waals surface area contributed by atoms with E-state index in [1.165, 1.54) is 19.5 Å². The van der Waals surface area contributed by atoms with Gasteiger partial charge in [-0.1, -0.05) is 13.8 Å². The third-order valence-electron chi connectivity index (χ3n) is 5.68. The molecule has 0 aliphatic carbocycles. The summed E-state index contributed by atoms with van der Waals surface area (Å²) in [5, 5.41) is 7.61. The van der Waals surface area contributed by atoms with Crippen LogP contribution in [0.2, 0.25) is 0 Å². The Bertz CT molecular complexity index is 562. The Morgan fingerprint density at radius 3 is 2.83 bits per heavy atom. The molecule has 1 N–H and O–H groups in total. The van der Waals surface area contributed by atoms with Crippen LogP contribution in [0.5, 0.6) is 0 Å². The minimum Gasteiger partial charge on any atom is -0.350 e. The first-order chi connectivity index (χ1) is 11.6. The third kappa shape index (κ3) is 3.49. The van der Waals surface area contributed by atoms with Crippen molar-refractivity contribution in [3.63, 3.8) is 0 Å². The number of rotatable bonds is 6. The number of nitrogens with zero attached hydrogens (tertiary/aromatic N) is 4. The van der Waals surface area contributed by atoms with Crippen LogP contribution in [-0.2, 0) is 0 Å². The molecular weight excluding hydrogens is 302 g/mol. The SMILES string of the molecule is CCC(CC)n1ncc(C(=O)NCC2CN3CCCN2CC3)c1C. The van der Waals surface area contributed by atoms with Crippen LogP contribution in [-0.4, -0.2) is 70.8 Å². The maximum Gasteiger partial charge on any atom is 0.254 e. The minimum absolute atomic E-state index is 0.0148. The van der Waals surface area contributed by atoms with Crippen molar-refractivity contribution in [2.24, 2.45) is 0 Å². The molecule has 3 atom stereocenters. The summed E-state index contributed by atoms with van der Waals surface area (Å²) in [6, 6.07) is 0.822. The Balaban J connectivity index is 1.61. The lowest BCUT2D eigenvalue weighted by molar-refractivity contribution is 0.0878. The lowest BCUT2D eigenvalue weighted by atomic mass is 10.1. The van der Waals surface area contributed by atoms with Gasteiger partial charge in [0.05, 0.1) is 17.8 Å². The number of fused-ring (bicyclic) bond motifs is 4. The van der Waals surface area contributed by atoms with Crippen molar-refractivity contribution < 1.29 is 4.79 Å². The number of aromatic nitrogens is 2. The van der Waals surface area contributed by atoms with E-state index in [9.17, 15) is 4.79 Å². The van der Waals surface area contributed by atoms with Gasteiger partial charge in [0.2, 0.25) is 0 Å². The van der Waals surface area contributed by atoms with Gasteiger partial charge in [-0.05, 0) is 39.3 Å². The number of amides is 1. The van der Waals surface area contributed by atoms with Crippen LogP contribution in [0, 0.1) is 6.92 Å². The maximum absolute atomic E-state index is 12.6. The van der Waals surface area contributed by atoms with Crippen LogP contribution in [0.15, 0.2) is 6.20 Å². The molecule has 4 heterocycles. The zero-order chi connectivity index (χ0) is 17.1. The lowest BCUT2D eigenvalue weighted by Gasteiger charge is -2.37. The molecule has 3 aliphatic rings. The smallest absolute Gasteiger partial charge is 0.254 e. The van der Waals surface area contributed by atoms with Gasteiger partial charge in [-0.3, -0.25) is 14.4 Å². The fraction of sp³-hybridized carbons (Fsp3) is 0.778. The van der Waals surface area contributed by atoms with Gasteiger partial charge in [0.15, 0.2) is 0 Å². The number of hydrogen-bond acceptors (Lipinski definition) is 4. The molecule has 0 saturated carbocycles. The standard InChI is InChI=1S/C18H31N5O/c1-4-15(5-2)23-14(3)17(12-20-23)18(24)19-11-16-13-21-7-6-8-22(16)10-9-21/h12,15-16H,4-11,13H2,1-3H3,(H,19,24). The molecule has 4 rings (SSSR count). The van der Waals surface area contributed by atoms with E-state index in [1.807, 2.05) is 11.6 Å². The van der Waals surface area contributed by atoms with E-state index < -0.39 is 0 Å². The molecule has 2 bridgehead atoms. The van der Waals surface area contributed by atoms with Gasteiger partial charge in [-0.25, -0.2) is 0 Å². The topological polar surface area (TPSA) is 53.4 Å². The molecular formula is C18H31N5O. The average molecular weight is 333 g/mol. The summed E-state index contributed by atoms with van der Waals surface area (Å²) in [7, 11) is 0. The zero-order valence-corrected chi connectivity index (χ0v) is 15.3. The number of piperazine rings is 1. The summed E-state index contributed by atoms with van der Waals surface area (Å²) in [6.07, 6.45) is 5.04. The van der Waals surface area contributed by atoms with Crippen molar-refractivity contribution in [2.75, 3.05) is 39.3 Å². The number of carbonyl (C=O) groups excluding carboxylic acids is 1. The Morgan fingerprint density at radius 1 is 1.29 bits per heavy atom. The van der Waals surface area contributed by atoms with Crippen LogP contribution in [0.1, 0.15) is 55.2 Å². The first kappa shape index (κ1) is 17.4.